The van der Waals surface area contributed by atoms with Gasteiger partial charge in [0.2, 0.25) is 0 Å². The average molecular weight is 301 g/mol. The molecule has 0 N–H and O–H groups in total. The number of halogens is 3. The summed E-state index contributed by atoms with van der Waals surface area (Å²) in [6.07, 6.45) is -3.39. The molecule has 2 rings (SSSR count). The van der Waals surface area contributed by atoms with E-state index in [1.165, 1.54) is 28.3 Å². The van der Waals surface area contributed by atoms with Crippen LogP contribution in [-0.4, -0.2) is 4.98 Å². The first kappa shape index (κ1) is 16.7. The molecule has 0 saturated heterocycles. The second kappa shape index (κ2) is 6.88. The lowest BCUT2D eigenvalue weighted by Gasteiger charge is -2.06. The van der Waals surface area contributed by atoms with E-state index in [2.05, 4.69) is 4.98 Å². The Morgan fingerprint density at radius 2 is 1.65 bits per heavy atom. The first-order valence-electron chi connectivity index (χ1n) is 6.55. The van der Waals surface area contributed by atoms with E-state index in [4.69, 9.17) is 0 Å². The zero-order chi connectivity index (χ0) is 15.3. The number of aryl methyl sites for hydroxylation is 2. The Morgan fingerprint density at radius 3 is 2.05 bits per heavy atom. The molecular weight excluding hydrogens is 283 g/mol. The molecule has 0 saturated carbocycles. The molecule has 1 heterocycles. The highest BCUT2D eigenvalue weighted by molar-refractivity contribution is 7.15. The Morgan fingerprint density at radius 1 is 1.10 bits per heavy atom. The van der Waals surface area contributed by atoms with Gasteiger partial charge in [-0.05, 0) is 25.5 Å². The van der Waals surface area contributed by atoms with Gasteiger partial charge in [0, 0.05) is 10.4 Å². The van der Waals surface area contributed by atoms with E-state index < -0.39 is 11.7 Å². The maximum atomic E-state index is 12.4. The molecule has 0 atom stereocenters. The van der Waals surface area contributed by atoms with E-state index in [0.29, 0.717) is 0 Å². The Hall–Kier alpha value is -1.36. The van der Waals surface area contributed by atoms with Crippen molar-refractivity contribution in [3.63, 3.8) is 0 Å². The molecule has 0 fully saturated rings. The average Bonchev–Trinajstić information content (AvgIpc) is 2.81. The Bertz CT molecular complexity index is 541. The lowest BCUT2D eigenvalue weighted by atomic mass is 10.1. The van der Waals surface area contributed by atoms with E-state index in [-0.39, 0.29) is 0 Å². The number of hydrogen-bond acceptors (Lipinski definition) is 2. The van der Waals surface area contributed by atoms with Crippen molar-refractivity contribution in [3.8, 4) is 10.6 Å². The molecule has 2 aromatic rings. The van der Waals surface area contributed by atoms with Crippen molar-refractivity contribution in [2.75, 3.05) is 0 Å². The van der Waals surface area contributed by atoms with Crippen molar-refractivity contribution in [3.05, 3.63) is 40.4 Å². The minimum Gasteiger partial charge on any atom is -0.241 e. The molecule has 1 aromatic heterocycles. The van der Waals surface area contributed by atoms with Gasteiger partial charge in [0.1, 0.15) is 5.01 Å². The summed E-state index contributed by atoms with van der Waals surface area (Å²) in [7, 11) is 0. The first-order valence-corrected chi connectivity index (χ1v) is 7.37. The number of alkyl halides is 3. The van der Waals surface area contributed by atoms with Gasteiger partial charge in [0.05, 0.1) is 11.3 Å². The van der Waals surface area contributed by atoms with Crippen LogP contribution in [-0.2, 0) is 12.6 Å². The van der Waals surface area contributed by atoms with Crippen LogP contribution in [0.3, 0.4) is 0 Å². The topological polar surface area (TPSA) is 12.9 Å². The minimum absolute atomic E-state index is 0.629. The van der Waals surface area contributed by atoms with E-state index in [1.807, 2.05) is 27.7 Å². The summed E-state index contributed by atoms with van der Waals surface area (Å²) >= 11 is 1.53. The zero-order valence-corrected chi connectivity index (χ0v) is 12.8. The lowest BCUT2D eigenvalue weighted by molar-refractivity contribution is -0.137. The van der Waals surface area contributed by atoms with Gasteiger partial charge in [-0.3, -0.25) is 0 Å². The van der Waals surface area contributed by atoms with Gasteiger partial charge in [-0.1, -0.05) is 32.9 Å². The summed E-state index contributed by atoms with van der Waals surface area (Å²) in [6.45, 7) is 7.96. The number of hydrogen-bond donors (Lipinski definition) is 0. The lowest BCUT2D eigenvalue weighted by Crippen LogP contribution is -2.03. The normalized spacial score (nSPS) is 10.9. The molecule has 0 spiro atoms. The molecule has 20 heavy (non-hydrogen) atoms. The smallest absolute Gasteiger partial charge is 0.241 e. The molecule has 110 valence electrons. The number of benzene rings is 1. The van der Waals surface area contributed by atoms with Gasteiger partial charge in [0.25, 0.3) is 0 Å². The summed E-state index contributed by atoms with van der Waals surface area (Å²) in [6, 6.07) is 5.14. The minimum atomic E-state index is -4.29. The van der Waals surface area contributed by atoms with Gasteiger partial charge in [-0.15, -0.1) is 11.3 Å². The third-order valence-electron chi connectivity index (χ3n) is 2.67. The maximum absolute atomic E-state index is 12.4. The highest BCUT2D eigenvalue weighted by Crippen LogP contribution is 2.32. The van der Waals surface area contributed by atoms with Crippen molar-refractivity contribution in [1.29, 1.82) is 0 Å². The molecule has 5 heteroatoms. The fourth-order valence-electron chi connectivity index (χ4n) is 1.68. The van der Waals surface area contributed by atoms with Gasteiger partial charge < -0.3 is 0 Å². The van der Waals surface area contributed by atoms with Gasteiger partial charge in [-0.25, -0.2) is 4.98 Å². The third-order valence-corrected chi connectivity index (χ3v) is 4.02. The van der Waals surface area contributed by atoms with Crippen LogP contribution in [0.1, 0.15) is 36.9 Å². The highest BCUT2D eigenvalue weighted by atomic mass is 32.1. The quantitative estimate of drug-likeness (QED) is 0.690. The fraction of sp³-hybridized carbons (Fsp3) is 0.400. The Balaban J connectivity index is 0.000000956. The summed E-state index contributed by atoms with van der Waals surface area (Å²) < 4.78 is 37.3. The van der Waals surface area contributed by atoms with Crippen LogP contribution in [0.2, 0.25) is 0 Å². The number of aromatic nitrogens is 1. The van der Waals surface area contributed by atoms with Crippen LogP contribution in [0, 0.1) is 6.92 Å². The summed E-state index contributed by atoms with van der Waals surface area (Å²) in [4.78, 5) is 5.55. The standard InChI is InChI=1S/C13H12F3NS.C2H6/c1-3-11-8(2)17-12(18-11)9-4-6-10(7-5-9)13(14,15)16;1-2/h4-7H,3H2,1-2H3;1-2H3. The maximum Gasteiger partial charge on any atom is 0.416 e. The molecule has 0 unspecified atom stereocenters. The molecule has 1 aromatic carbocycles. The molecular formula is C15H18F3NS. The predicted molar refractivity (Wildman–Crippen MR) is 78.0 cm³/mol. The molecule has 0 radical (unpaired) electrons. The first-order chi connectivity index (χ1) is 9.41. The van der Waals surface area contributed by atoms with E-state index >= 15 is 0 Å². The second-order valence-electron chi connectivity index (χ2n) is 3.96. The van der Waals surface area contributed by atoms with Crippen molar-refractivity contribution < 1.29 is 13.2 Å². The highest BCUT2D eigenvalue weighted by Gasteiger charge is 2.30. The molecule has 0 amide bonds. The van der Waals surface area contributed by atoms with Crippen molar-refractivity contribution >= 4 is 11.3 Å². The fourth-order valence-corrected chi connectivity index (χ4v) is 2.69. The van der Waals surface area contributed by atoms with E-state index in [1.54, 1.807) is 0 Å². The predicted octanol–water partition coefficient (Wildman–Crippen LogP) is 5.73. The Labute approximate surface area is 121 Å². The van der Waals surface area contributed by atoms with Crippen molar-refractivity contribution in [2.24, 2.45) is 0 Å². The van der Waals surface area contributed by atoms with Crippen LogP contribution < -0.4 is 0 Å². The second-order valence-corrected chi connectivity index (χ2v) is 5.04. The van der Waals surface area contributed by atoms with Crippen LogP contribution in [0.25, 0.3) is 10.6 Å². The van der Waals surface area contributed by atoms with E-state index in [0.717, 1.165) is 34.8 Å². The van der Waals surface area contributed by atoms with Gasteiger partial charge >= 0.3 is 6.18 Å². The summed E-state index contributed by atoms with van der Waals surface area (Å²) in [5.41, 5.74) is 1.06. The molecule has 1 nitrogen and oxygen atoms in total. The van der Waals surface area contributed by atoms with Gasteiger partial charge in [0.15, 0.2) is 0 Å². The molecule has 0 aliphatic rings. The molecule has 0 aliphatic heterocycles. The van der Waals surface area contributed by atoms with Crippen LogP contribution in [0.5, 0.6) is 0 Å². The molecule has 0 aliphatic carbocycles. The van der Waals surface area contributed by atoms with Crippen molar-refractivity contribution in [2.45, 2.75) is 40.3 Å². The zero-order valence-electron chi connectivity index (χ0n) is 12.0. The monoisotopic (exact) mass is 301 g/mol. The van der Waals surface area contributed by atoms with Crippen molar-refractivity contribution in [1.82, 2.24) is 4.98 Å². The van der Waals surface area contributed by atoms with Gasteiger partial charge in [-0.2, -0.15) is 13.2 Å². The number of thiazole rings is 1. The Kier molecular flexibility index (Phi) is 5.74. The number of rotatable bonds is 2. The largest absolute Gasteiger partial charge is 0.416 e. The third kappa shape index (κ3) is 3.82. The van der Waals surface area contributed by atoms with Crippen LogP contribution >= 0.6 is 11.3 Å². The number of nitrogens with zero attached hydrogens (tertiary/aromatic N) is 1. The SMILES string of the molecule is CC.CCc1sc(-c2ccc(C(F)(F)F)cc2)nc1C. The van der Waals surface area contributed by atoms with E-state index in [9.17, 15) is 13.2 Å². The molecule has 0 bridgehead atoms. The summed E-state index contributed by atoms with van der Waals surface area (Å²) in [5, 5.41) is 0.776. The summed E-state index contributed by atoms with van der Waals surface area (Å²) in [5.74, 6) is 0. The van der Waals surface area contributed by atoms with Crippen LogP contribution in [0.15, 0.2) is 24.3 Å². The van der Waals surface area contributed by atoms with Crippen LogP contribution in [0.4, 0.5) is 13.2 Å².